The summed E-state index contributed by atoms with van der Waals surface area (Å²) in [5.41, 5.74) is 1.12. The molecule has 0 radical (unpaired) electrons. The second kappa shape index (κ2) is 9.23. The molecule has 13 nitrogen and oxygen atoms in total. The third-order valence-electron chi connectivity index (χ3n) is 5.51. The second-order valence-electron chi connectivity index (χ2n) is 7.27. The van der Waals surface area contributed by atoms with Crippen molar-refractivity contribution in [2.45, 2.75) is 31.1 Å². The number of aromatic nitrogens is 4. The molecule has 4 rings (SSSR count). The van der Waals surface area contributed by atoms with E-state index in [1.54, 1.807) is 6.07 Å². The quantitative estimate of drug-likeness (QED) is 0.298. The molecule has 0 spiro atoms. The van der Waals surface area contributed by atoms with Gasteiger partial charge < -0.3 is 44.7 Å². The van der Waals surface area contributed by atoms with Crippen LogP contribution in [-0.2, 0) is 11.3 Å². The lowest BCUT2D eigenvalue weighted by Crippen LogP contribution is -2.33. The second-order valence-corrected chi connectivity index (χ2v) is 7.27. The first-order chi connectivity index (χ1) is 15.9. The number of phenols is 1. The molecule has 0 aliphatic carbocycles. The van der Waals surface area contributed by atoms with E-state index in [1.807, 2.05) is 0 Å². The average molecular weight is 463 g/mol. The number of imidazole rings is 1. The normalized spacial score (nSPS) is 22.5. The number of hydrogen-bond acceptors (Lipinski definition) is 12. The Morgan fingerprint density at radius 2 is 1.82 bits per heavy atom. The lowest BCUT2D eigenvalue weighted by atomic mass is 10.1. The highest BCUT2D eigenvalue weighted by atomic mass is 16.6. The van der Waals surface area contributed by atoms with E-state index in [9.17, 15) is 20.4 Å². The SMILES string of the molecule is COc1cc(OC)c(OC)c(O)c1CNc1ncnc2c1ncn2C1O[C@H](CO)[C@@H](O)[C@@H]1O. The molecule has 0 saturated carbocycles. The monoisotopic (exact) mass is 463 g/mol. The van der Waals surface area contributed by atoms with Gasteiger partial charge >= 0.3 is 0 Å². The molecule has 0 bridgehead atoms. The zero-order valence-corrected chi connectivity index (χ0v) is 18.2. The number of ether oxygens (including phenoxy) is 4. The number of aliphatic hydroxyl groups excluding tert-OH is 3. The molecule has 33 heavy (non-hydrogen) atoms. The van der Waals surface area contributed by atoms with Gasteiger partial charge in [0.05, 0.1) is 39.8 Å². The number of nitrogens with zero attached hydrogens (tertiary/aromatic N) is 4. The van der Waals surface area contributed by atoms with Crippen molar-refractivity contribution in [3.63, 3.8) is 0 Å². The van der Waals surface area contributed by atoms with Crippen LogP contribution in [0.1, 0.15) is 11.8 Å². The lowest BCUT2D eigenvalue weighted by molar-refractivity contribution is -0.0511. The van der Waals surface area contributed by atoms with Crippen molar-refractivity contribution in [1.82, 2.24) is 19.5 Å². The Morgan fingerprint density at radius 3 is 2.45 bits per heavy atom. The van der Waals surface area contributed by atoms with Crippen molar-refractivity contribution in [3.05, 3.63) is 24.3 Å². The van der Waals surface area contributed by atoms with Gasteiger partial charge in [0.15, 0.2) is 34.7 Å². The highest BCUT2D eigenvalue weighted by Crippen LogP contribution is 2.44. The molecular weight excluding hydrogens is 438 g/mol. The Kier molecular flexibility index (Phi) is 6.37. The van der Waals surface area contributed by atoms with Crippen molar-refractivity contribution >= 4 is 17.0 Å². The summed E-state index contributed by atoms with van der Waals surface area (Å²) in [6, 6.07) is 1.60. The van der Waals surface area contributed by atoms with Crippen molar-refractivity contribution in [1.29, 1.82) is 0 Å². The predicted molar refractivity (Wildman–Crippen MR) is 113 cm³/mol. The van der Waals surface area contributed by atoms with Gasteiger partial charge in [-0.25, -0.2) is 15.0 Å². The minimum Gasteiger partial charge on any atom is -0.504 e. The van der Waals surface area contributed by atoms with E-state index in [4.69, 9.17) is 18.9 Å². The molecule has 1 aliphatic rings. The number of anilines is 1. The zero-order chi connectivity index (χ0) is 23.7. The molecule has 1 aromatic carbocycles. The van der Waals surface area contributed by atoms with E-state index in [0.29, 0.717) is 34.0 Å². The number of fused-ring (bicyclic) bond motifs is 1. The van der Waals surface area contributed by atoms with Crippen molar-refractivity contribution in [3.8, 4) is 23.0 Å². The van der Waals surface area contributed by atoms with Gasteiger partial charge in [0.1, 0.15) is 30.4 Å². The first kappa shape index (κ1) is 22.8. The largest absolute Gasteiger partial charge is 0.504 e. The first-order valence-electron chi connectivity index (χ1n) is 9.99. The van der Waals surface area contributed by atoms with Crippen LogP contribution in [0.15, 0.2) is 18.7 Å². The molecule has 2 aromatic heterocycles. The van der Waals surface area contributed by atoms with E-state index in [0.717, 1.165) is 0 Å². The number of aliphatic hydroxyl groups is 3. The van der Waals surface area contributed by atoms with Gasteiger partial charge in [0.25, 0.3) is 0 Å². The first-order valence-corrected chi connectivity index (χ1v) is 9.99. The highest BCUT2D eigenvalue weighted by molar-refractivity contribution is 5.82. The summed E-state index contributed by atoms with van der Waals surface area (Å²) in [4.78, 5) is 12.7. The molecule has 1 aliphatic heterocycles. The number of phenolic OH excluding ortho intramolecular Hbond substituents is 1. The fourth-order valence-corrected chi connectivity index (χ4v) is 3.79. The fourth-order valence-electron chi connectivity index (χ4n) is 3.79. The maximum absolute atomic E-state index is 10.7. The molecular formula is C20H25N5O8. The maximum Gasteiger partial charge on any atom is 0.203 e. The lowest BCUT2D eigenvalue weighted by Gasteiger charge is -2.17. The predicted octanol–water partition coefficient (Wildman–Crippen LogP) is -0.219. The minimum atomic E-state index is -1.28. The number of aromatic hydroxyl groups is 1. The number of rotatable bonds is 8. The third-order valence-corrected chi connectivity index (χ3v) is 5.51. The van der Waals surface area contributed by atoms with E-state index < -0.39 is 31.1 Å². The molecule has 1 unspecified atom stereocenters. The standard InChI is InChI=1S/C20H25N5O8/c1-30-10-4-11(31-2)17(32-3)14(27)9(10)5-21-18-13-19(23-7-22-18)25(8-24-13)20-16(29)15(28)12(6-26)33-20/h4,7-8,12,15-16,20,26-29H,5-6H2,1-3H3,(H,21,22,23)/t12-,15-,16+,20?/m1/s1. The van der Waals surface area contributed by atoms with Crippen molar-refractivity contribution in [2.75, 3.05) is 33.3 Å². The van der Waals surface area contributed by atoms with Crippen LogP contribution in [-0.4, -0.2) is 86.2 Å². The number of methoxy groups -OCH3 is 3. The molecule has 5 N–H and O–H groups in total. The molecule has 178 valence electrons. The molecule has 4 atom stereocenters. The summed E-state index contributed by atoms with van der Waals surface area (Å²) >= 11 is 0. The van der Waals surface area contributed by atoms with Crippen LogP contribution in [0.5, 0.6) is 23.0 Å². The highest BCUT2D eigenvalue weighted by Gasteiger charge is 2.44. The minimum absolute atomic E-state index is 0.0994. The Bertz CT molecular complexity index is 1140. The van der Waals surface area contributed by atoms with Crippen molar-refractivity contribution < 1.29 is 39.4 Å². The summed E-state index contributed by atoms with van der Waals surface area (Å²) < 4.78 is 22.9. The summed E-state index contributed by atoms with van der Waals surface area (Å²) in [7, 11) is 4.34. The van der Waals surface area contributed by atoms with Gasteiger partial charge in [-0.3, -0.25) is 4.57 Å². The zero-order valence-electron chi connectivity index (χ0n) is 18.2. The Morgan fingerprint density at radius 1 is 1.06 bits per heavy atom. The number of nitrogens with one attached hydrogen (secondary N) is 1. The molecule has 1 fully saturated rings. The van der Waals surface area contributed by atoms with Gasteiger partial charge in [0, 0.05) is 12.6 Å². The summed E-state index contributed by atoms with van der Waals surface area (Å²) in [5, 5.41) is 43.5. The Balaban J connectivity index is 1.64. The van der Waals surface area contributed by atoms with Crippen LogP contribution in [0.2, 0.25) is 0 Å². The Labute approximate surface area is 188 Å². The summed E-state index contributed by atoms with van der Waals surface area (Å²) in [6.45, 7) is -0.345. The molecule has 3 aromatic rings. The van der Waals surface area contributed by atoms with Gasteiger partial charge in [-0.15, -0.1) is 0 Å². The van der Waals surface area contributed by atoms with Crippen LogP contribution < -0.4 is 19.5 Å². The Hall–Kier alpha value is -3.39. The van der Waals surface area contributed by atoms with Crippen LogP contribution in [0.3, 0.4) is 0 Å². The summed E-state index contributed by atoms with van der Waals surface area (Å²) in [5.74, 6) is 1.05. The molecule has 0 amide bonds. The van der Waals surface area contributed by atoms with Gasteiger partial charge in [0.2, 0.25) is 5.75 Å². The fraction of sp³-hybridized carbons (Fsp3) is 0.450. The van der Waals surface area contributed by atoms with E-state index in [2.05, 4.69) is 20.3 Å². The van der Waals surface area contributed by atoms with Crippen molar-refractivity contribution in [2.24, 2.45) is 0 Å². The van der Waals surface area contributed by atoms with Crippen LogP contribution in [0.4, 0.5) is 5.82 Å². The van der Waals surface area contributed by atoms with E-state index in [-0.39, 0.29) is 18.0 Å². The molecule has 1 saturated heterocycles. The smallest absolute Gasteiger partial charge is 0.203 e. The van der Waals surface area contributed by atoms with Crippen LogP contribution in [0, 0.1) is 0 Å². The van der Waals surface area contributed by atoms with Crippen LogP contribution >= 0.6 is 0 Å². The number of hydrogen-bond donors (Lipinski definition) is 5. The topological polar surface area (TPSA) is 173 Å². The van der Waals surface area contributed by atoms with Gasteiger partial charge in [-0.2, -0.15) is 0 Å². The van der Waals surface area contributed by atoms with Gasteiger partial charge in [-0.05, 0) is 0 Å². The summed E-state index contributed by atoms with van der Waals surface area (Å²) in [6.07, 6.45) is -1.74. The number of benzene rings is 1. The molecule has 3 heterocycles. The third kappa shape index (κ3) is 3.84. The van der Waals surface area contributed by atoms with Crippen LogP contribution in [0.25, 0.3) is 11.2 Å². The van der Waals surface area contributed by atoms with Gasteiger partial charge in [-0.1, -0.05) is 0 Å². The van der Waals surface area contributed by atoms with E-state index in [1.165, 1.54) is 38.6 Å². The average Bonchev–Trinajstić information content (AvgIpc) is 3.38. The molecule has 13 heteroatoms. The maximum atomic E-state index is 10.7. The van der Waals surface area contributed by atoms with E-state index >= 15 is 0 Å².